The SMILES string of the molecule is COc1ccc(CC(=O)Nc2cccc(C#N)c2)cc1. The predicted octanol–water partition coefficient (Wildman–Crippen LogP) is 2.75. The first kappa shape index (κ1) is 13.6. The van der Waals surface area contributed by atoms with Crippen LogP contribution in [-0.4, -0.2) is 13.0 Å². The molecule has 0 fully saturated rings. The van der Waals surface area contributed by atoms with Gasteiger partial charge in [0.05, 0.1) is 25.2 Å². The van der Waals surface area contributed by atoms with Crippen molar-refractivity contribution >= 4 is 11.6 Å². The molecule has 0 saturated carbocycles. The highest BCUT2D eigenvalue weighted by Gasteiger charge is 2.05. The molecule has 0 aliphatic carbocycles. The molecule has 0 atom stereocenters. The average Bonchev–Trinajstić information content (AvgIpc) is 2.48. The number of rotatable bonds is 4. The fourth-order valence-electron chi connectivity index (χ4n) is 1.80. The summed E-state index contributed by atoms with van der Waals surface area (Å²) in [5.74, 6) is 0.640. The van der Waals surface area contributed by atoms with Crippen molar-refractivity contribution in [3.63, 3.8) is 0 Å². The predicted molar refractivity (Wildman–Crippen MR) is 76.5 cm³/mol. The van der Waals surface area contributed by atoms with Gasteiger partial charge in [-0.05, 0) is 35.9 Å². The molecule has 1 N–H and O–H groups in total. The normalized spacial score (nSPS) is 9.60. The molecule has 1 amide bonds. The van der Waals surface area contributed by atoms with Crippen LogP contribution < -0.4 is 10.1 Å². The summed E-state index contributed by atoms with van der Waals surface area (Å²) in [6.45, 7) is 0. The fourth-order valence-corrected chi connectivity index (χ4v) is 1.80. The van der Waals surface area contributed by atoms with Gasteiger partial charge in [0.15, 0.2) is 0 Å². The summed E-state index contributed by atoms with van der Waals surface area (Å²) in [5, 5.41) is 11.6. The average molecular weight is 266 g/mol. The first-order valence-electron chi connectivity index (χ1n) is 6.14. The van der Waals surface area contributed by atoms with Crippen LogP contribution in [0.3, 0.4) is 0 Å². The van der Waals surface area contributed by atoms with Gasteiger partial charge in [-0.15, -0.1) is 0 Å². The number of hydrogen-bond acceptors (Lipinski definition) is 3. The molecule has 0 aliphatic rings. The highest BCUT2D eigenvalue weighted by atomic mass is 16.5. The number of carbonyl (C=O) groups excluding carboxylic acids is 1. The lowest BCUT2D eigenvalue weighted by molar-refractivity contribution is -0.115. The Balaban J connectivity index is 1.99. The van der Waals surface area contributed by atoms with Gasteiger partial charge in [-0.25, -0.2) is 0 Å². The molecular formula is C16H14N2O2. The van der Waals surface area contributed by atoms with Gasteiger partial charge in [0.25, 0.3) is 0 Å². The minimum absolute atomic E-state index is 0.120. The smallest absolute Gasteiger partial charge is 0.228 e. The standard InChI is InChI=1S/C16H14N2O2/c1-20-15-7-5-12(6-8-15)10-16(19)18-14-4-2-3-13(9-14)11-17/h2-9H,10H2,1H3,(H,18,19). The maximum Gasteiger partial charge on any atom is 0.228 e. The van der Waals surface area contributed by atoms with Crippen LogP contribution in [0.25, 0.3) is 0 Å². The Morgan fingerprint density at radius 2 is 2.00 bits per heavy atom. The number of benzene rings is 2. The van der Waals surface area contributed by atoms with E-state index in [2.05, 4.69) is 5.32 Å². The summed E-state index contributed by atoms with van der Waals surface area (Å²) in [6.07, 6.45) is 0.279. The Morgan fingerprint density at radius 3 is 2.65 bits per heavy atom. The molecule has 20 heavy (non-hydrogen) atoms. The highest BCUT2D eigenvalue weighted by Crippen LogP contribution is 2.13. The Hall–Kier alpha value is -2.80. The number of nitriles is 1. The minimum atomic E-state index is -0.120. The Bertz CT molecular complexity index is 642. The molecule has 0 saturated heterocycles. The number of nitrogens with one attached hydrogen (secondary N) is 1. The summed E-state index contributed by atoms with van der Waals surface area (Å²) >= 11 is 0. The lowest BCUT2D eigenvalue weighted by Gasteiger charge is -2.06. The van der Waals surface area contributed by atoms with Crippen LogP contribution in [0.1, 0.15) is 11.1 Å². The van der Waals surface area contributed by atoms with Gasteiger partial charge >= 0.3 is 0 Å². The minimum Gasteiger partial charge on any atom is -0.497 e. The van der Waals surface area contributed by atoms with Crippen LogP contribution in [0.15, 0.2) is 48.5 Å². The van der Waals surface area contributed by atoms with E-state index in [4.69, 9.17) is 10.00 Å². The summed E-state index contributed by atoms with van der Waals surface area (Å²) < 4.78 is 5.06. The fraction of sp³-hybridized carbons (Fsp3) is 0.125. The van der Waals surface area contributed by atoms with E-state index in [0.29, 0.717) is 11.3 Å². The lowest BCUT2D eigenvalue weighted by atomic mass is 10.1. The van der Waals surface area contributed by atoms with Crippen molar-refractivity contribution in [2.24, 2.45) is 0 Å². The van der Waals surface area contributed by atoms with Crippen LogP contribution >= 0.6 is 0 Å². The van der Waals surface area contributed by atoms with E-state index in [1.807, 2.05) is 30.3 Å². The van der Waals surface area contributed by atoms with Gasteiger partial charge in [-0.3, -0.25) is 4.79 Å². The molecule has 4 nitrogen and oxygen atoms in total. The lowest BCUT2D eigenvalue weighted by Crippen LogP contribution is -2.14. The van der Waals surface area contributed by atoms with Crippen LogP contribution in [0.4, 0.5) is 5.69 Å². The number of hydrogen-bond donors (Lipinski definition) is 1. The van der Waals surface area contributed by atoms with Crippen molar-refractivity contribution in [1.82, 2.24) is 0 Å². The second-order valence-corrected chi connectivity index (χ2v) is 4.27. The second kappa shape index (κ2) is 6.39. The molecule has 0 heterocycles. The zero-order chi connectivity index (χ0) is 14.4. The molecule has 4 heteroatoms. The quantitative estimate of drug-likeness (QED) is 0.925. The number of ether oxygens (including phenoxy) is 1. The Kier molecular flexibility index (Phi) is 4.35. The largest absolute Gasteiger partial charge is 0.497 e. The first-order chi connectivity index (χ1) is 9.71. The highest BCUT2D eigenvalue weighted by molar-refractivity contribution is 5.92. The van der Waals surface area contributed by atoms with Gasteiger partial charge in [-0.1, -0.05) is 18.2 Å². The number of carbonyl (C=O) groups is 1. The molecule has 0 radical (unpaired) electrons. The van der Waals surface area contributed by atoms with E-state index >= 15 is 0 Å². The number of methoxy groups -OCH3 is 1. The number of anilines is 1. The number of amides is 1. The molecule has 0 bridgehead atoms. The van der Waals surface area contributed by atoms with Crippen molar-refractivity contribution in [1.29, 1.82) is 5.26 Å². The Morgan fingerprint density at radius 1 is 1.25 bits per heavy atom. The maximum absolute atomic E-state index is 11.9. The van der Waals surface area contributed by atoms with Gasteiger partial charge in [0.2, 0.25) is 5.91 Å². The third-order valence-corrected chi connectivity index (χ3v) is 2.80. The Labute approximate surface area is 117 Å². The van der Waals surface area contributed by atoms with Gasteiger partial charge in [0, 0.05) is 5.69 Å². The summed E-state index contributed by atoms with van der Waals surface area (Å²) in [6, 6.07) is 16.2. The second-order valence-electron chi connectivity index (χ2n) is 4.27. The van der Waals surface area contributed by atoms with Crippen LogP contribution in [-0.2, 0) is 11.2 Å². The van der Waals surface area contributed by atoms with Crippen molar-refractivity contribution in [2.75, 3.05) is 12.4 Å². The van der Waals surface area contributed by atoms with Crippen molar-refractivity contribution < 1.29 is 9.53 Å². The van der Waals surface area contributed by atoms with Crippen LogP contribution in [0, 0.1) is 11.3 Å². The molecular weight excluding hydrogens is 252 g/mol. The number of nitrogens with zero attached hydrogens (tertiary/aromatic N) is 1. The van der Waals surface area contributed by atoms with Crippen molar-refractivity contribution in [3.05, 3.63) is 59.7 Å². The summed E-state index contributed by atoms with van der Waals surface area (Å²) in [5.41, 5.74) is 2.05. The topological polar surface area (TPSA) is 62.1 Å². The van der Waals surface area contributed by atoms with Crippen molar-refractivity contribution in [2.45, 2.75) is 6.42 Å². The van der Waals surface area contributed by atoms with E-state index in [1.54, 1.807) is 31.4 Å². The van der Waals surface area contributed by atoms with Gasteiger partial charge < -0.3 is 10.1 Å². The molecule has 0 spiro atoms. The zero-order valence-electron chi connectivity index (χ0n) is 11.1. The van der Waals surface area contributed by atoms with Crippen LogP contribution in [0.2, 0.25) is 0 Å². The maximum atomic E-state index is 11.9. The summed E-state index contributed by atoms with van der Waals surface area (Å²) in [4.78, 5) is 11.9. The first-order valence-corrected chi connectivity index (χ1v) is 6.14. The molecule has 0 aliphatic heterocycles. The zero-order valence-corrected chi connectivity index (χ0v) is 11.1. The van der Waals surface area contributed by atoms with Gasteiger partial charge in [0.1, 0.15) is 5.75 Å². The van der Waals surface area contributed by atoms with E-state index in [1.165, 1.54) is 0 Å². The third kappa shape index (κ3) is 3.59. The molecule has 2 aromatic carbocycles. The van der Waals surface area contributed by atoms with Crippen molar-refractivity contribution in [3.8, 4) is 11.8 Å². The van der Waals surface area contributed by atoms with E-state index in [9.17, 15) is 4.79 Å². The molecule has 0 aromatic heterocycles. The molecule has 2 rings (SSSR count). The molecule has 100 valence electrons. The van der Waals surface area contributed by atoms with E-state index < -0.39 is 0 Å². The van der Waals surface area contributed by atoms with E-state index in [-0.39, 0.29) is 12.3 Å². The van der Waals surface area contributed by atoms with Gasteiger partial charge in [-0.2, -0.15) is 5.26 Å². The summed E-state index contributed by atoms with van der Waals surface area (Å²) in [7, 11) is 1.60. The molecule has 0 unspecified atom stereocenters. The molecule has 2 aromatic rings. The third-order valence-electron chi connectivity index (χ3n) is 2.80. The monoisotopic (exact) mass is 266 g/mol. The van der Waals surface area contributed by atoms with Crippen LogP contribution in [0.5, 0.6) is 5.75 Å². The van der Waals surface area contributed by atoms with E-state index in [0.717, 1.165) is 11.3 Å².